The second-order valence-corrected chi connectivity index (χ2v) is 12.5. The fraction of sp³-hybridized carbons (Fsp3) is 0.529. The minimum absolute atomic E-state index is 0.0482. The zero-order valence-corrected chi connectivity index (χ0v) is 26.0. The standard InChI is InChI=1S/C22H22N2O3.C8H17N.C4H10O/c1-13-4-6-15(7-5-13)20-17(11-19(26)27)14(2)21-22-18(20)10-16(12-25)24(22)9-8-23(21)3;1-9-7-8-5-3-2-4-6-8;1-4(2,3)5/h4-7,10,12H,8-9,11H2,1-3H3,(H,26,27);8-9H,2-7H2,1H3;5H,1-3H3. The first-order valence-corrected chi connectivity index (χ1v) is 14.9. The number of aromatic nitrogens is 1. The number of carbonyl (C=O) groups is 2. The number of hydrogen-bond acceptors (Lipinski definition) is 5. The maximum Gasteiger partial charge on any atom is 0.307 e. The molecule has 1 fully saturated rings. The quantitative estimate of drug-likeness (QED) is 0.301. The van der Waals surface area contributed by atoms with Crippen LogP contribution in [-0.2, 0) is 17.8 Å². The van der Waals surface area contributed by atoms with Crippen molar-refractivity contribution in [3.63, 3.8) is 0 Å². The van der Waals surface area contributed by atoms with Crippen LogP contribution in [0, 0.1) is 19.8 Å². The number of benzene rings is 2. The monoisotopic (exact) mass is 563 g/mol. The number of carboxylic acid groups (broad SMARTS) is 1. The minimum Gasteiger partial charge on any atom is -0.481 e. The van der Waals surface area contributed by atoms with Gasteiger partial charge in [-0.15, -0.1) is 0 Å². The zero-order valence-electron chi connectivity index (χ0n) is 26.0. The van der Waals surface area contributed by atoms with Crippen LogP contribution >= 0.6 is 0 Å². The number of anilines is 1. The van der Waals surface area contributed by atoms with Gasteiger partial charge in [0.1, 0.15) is 0 Å². The Hall–Kier alpha value is -3.16. The number of aliphatic carboxylic acids is 1. The van der Waals surface area contributed by atoms with E-state index >= 15 is 0 Å². The van der Waals surface area contributed by atoms with E-state index in [4.69, 9.17) is 5.11 Å². The van der Waals surface area contributed by atoms with Gasteiger partial charge in [0.2, 0.25) is 0 Å². The van der Waals surface area contributed by atoms with E-state index in [1.54, 1.807) is 20.8 Å². The Morgan fingerprint density at radius 1 is 1.07 bits per heavy atom. The number of aliphatic hydroxyl groups is 1. The highest BCUT2D eigenvalue weighted by Gasteiger charge is 2.28. The molecule has 1 aliphatic carbocycles. The molecule has 2 aromatic carbocycles. The highest BCUT2D eigenvalue weighted by atomic mass is 16.4. The van der Waals surface area contributed by atoms with Crippen LogP contribution in [0.15, 0.2) is 30.3 Å². The third-order valence-corrected chi connectivity index (χ3v) is 7.78. The summed E-state index contributed by atoms with van der Waals surface area (Å²) in [4.78, 5) is 25.5. The van der Waals surface area contributed by atoms with Crippen LogP contribution < -0.4 is 10.2 Å². The van der Waals surface area contributed by atoms with Crippen LogP contribution in [-0.4, -0.2) is 59.8 Å². The zero-order chi connectivity index (χ0) is 30.3. The molecule has 0 unspecified atom stereocenters. The minimum atomic E-state index is -0.855. The molecule has 2 heterocycles. The van der Waals surface area contributed by atoms with Gasteiger partial charge >= 0.3 is 5.97 Å². The van der Waals surface area contributed by atoms with Crippen LogP contribution in [0.2, 0.25) is 0 Å². The number of nitrogens with zero attached hydrogens (tertiary/aromatic N) is 2. The summed E-state index contributed by atoms with van der Waals surface area (Å²) >= 11 is 0. The molecule has 0 bridgehead atoms. The van der Waals surface area contributed by atoms with Crippen molar-refractivity contribution in [2.45, 2.75) is 85.3 Å². The van der Waals surface area contributed by atoms with Gasteiger partial charge in [-0.3, -0.25) is 9.59 Å². The van der Waals surface area contributed by atoms with Gasteiger partial charge in [-0.1, -0.05) is 49.1 Å². The summed E-state index contributed by atoms with van der Waals surface area (Å²) in [5.41, 5.74) is 7.02. The Morgan fingerprint density at radius 3 is 2.22 bits per heavy atom. The molecule has 2 aliphatic rings. The summed E-state index contributed by atoms with van der Waals surface area (Å²) < 4.78 is 2.06. The lowest BCUT2D eigenvalue weighted by Crippen LogP contribution is -2.29. The van der Waals surface area contributed by atoms with E-state index in [0.717, 1.165) is 69.7 Å². The van der Waals surface area contributed by atoms with Gasteiger partial charge in [-0.05, 0) is 95.3 Å². The molecular weight excluding hydrogens is 514 g/mol. The number of aldehydes is 1. The maximum atomic E-state index is 11.7. The molecule has 3 N–H and O–H groups in total. The predicted octanol–water partition coefficient (Wildman–Crippen LogP) is 6.38. The third kappa shape index (κ3) is 8.43. The van der Waals surface area contributed by atoms with Crippen molar-refractivity contribution in [3.8, 4) is 11.1 Å². The van der Waals surface area contributed by atoms with Crippen molar-refractivity contribution in [1.29, 1.82) is 0 Å². The molecule has 41 heavy (non-hydrogen) atoms. The first kappa shape index (κ1) is 32.4. The summed E-state index contributed by atoms with van der Waals surface area (Å²) in [7, 11) is 4.07. The molecule has 1 saturated carbocycles. The number of aryl methyl sites for hydroxylation is 1. The van der Waals surface area contributed by atoms with Crippen molar-refractivity contribution in [3.05, 3.63) is 52.7 Å². The maximum absolute atomic E-state index is 11.7. The second-order valence-electron chi connectivity index (χ2n) is 12.5. The lowest BCUT2D eigenvalue weighted by atomic mass is 9.88. The summed E-state index contributed by atoms with van der Waals surface area (Å²) in [6, 6.07) is 10.0. The van der Waals surface area contributed by atoms with E-state index in [9.17, 15) is 14.7 Å². The molecular formula is C34H49N3O4. The van der Waals surface area contributed by atoms with E-state index in [1.165, 1.54) is 38.6 Å². The van der Waals surface area contributed by atoms with E-state index in [0.29, 0.717) is 5.69 Å². The highest BCUT2D eigenvalue weighted by Crippen LogP contribution is 2.44. The molecule has 0 spiro atoms. The second kappa shape index (κ2) is 14.1. The van der Waals surface area contributed by atoms with Gasteiger partial charge in [0.15, 0.2) is 6.29 Å². The highest BCUT2D eigenvalue weighted by molar-refractivity contribution is 6.08. The number of nitrogens with one attached hydrogen (secondary N) is 1. The number of carboxylic acids is 1. The number of rotatable bonds is 6. The first-order chi connectivity index (χ1) is 19.3. The van der Waals surface area contributed by atoms with E-state index in [1.807, 2.05) is 51.2 Å². The smallest absolute Gasteiger partial charge is 0.307 e. The Kier molecular flexibility index (Phi) is 11.2. The molecule has 7 heteroatoms. The van der Waals surface area contributed by atoms with Gasteiger partial charge in [-0.2, -0.15) is 0 Å². The van der Waals surface area contributed by atoms with E-state index in [-0.39, 0.29) is 6.42 Å². The molecule has 5 rings (SSSR count). The van der Waals surface area contributed by atoms with Crippen molar-refractivity contribution in [2.75, 3.05) is 32.1 Å². The van der Waals surface area contributed by atoms with Crippen molar-refractivity contribution < 1.29 is 19.8 Å². The summed E-state index contributed by atoms with van der Waals surface area (Å²) in [6.45, 7) is 12.0. The largest absolute Gasteiger partial charge is 0.481 e. The lowest BCUT2D eigenvalue weighted by molar-refractivity contribution is -0.136. The van der Waals surface area contributed by atoms with E-state index < -0.39 is 11.6 Å². The van der Waals surface area contributed by atoms with Gasteiger partial charge < -0.3 is 25.0 Å². The topological polar surface area (TPSA) is 94.8 Å². The van der Waals surface area contributed by atoms with Crippen LogP contribution in [0.5, 0.6) is 0 Å². The van der Waals surface area contributed by atoms with Crippen LogP contribution in [0.4, 0.5) is 5.69 Å². The van der Waals surface area contributed by atoms with Crippen molar-refractivity contribution in [1.82, 2.24) is 9.88 Å². The van der Waals surface area contributed by atoms with Crippen LogP contribution in [0.1, 0.15) is 80.1 Å². The van der Waals surface area contributed by atoms with E-state index in [2.05, 4.69) is 21.8 Å². The van der Waals surface area contributed by atoms with Gasteiger partial charge in [-0.25, -0.2) is 0 Å². The van der Waals surface area contributed by atoms with Gasteiger partial charge in [0.05, 0.1) is 28.9 Å². The lowest BCUT2D eigenvalue weighted by Gasteiger charge is -2.31. The third-order valence-electron chi connectivity index (χ3n) is 7.78. The Morgan fingerprint density at radius 2 is 1.68 bits per heavy atom. The number of likely N-dealkylation sites (N-methyl/N-ethyl adjacent to an activating group) is 1. The van der Waals surface area contributed by atoms with Crippen molar-refractivity contribution in [2.24, 2.45) is 5.92 Å². The Bertz CT molecular complexity index is 1320. The average molecular weight is 564 g/mol. The molecule has 224 valence electrons. The molecule has 0 amide bonds. The molecule has 1 aliphatic heterocycles. The molecule has 3 aromatic rings. The summed E-state index contributed by atoms with van der Waals surface area (Å²) in [5.74, 6) is 0.135. The molecule has 0 atom stereocenters. The first-order valence-electron chi connectivity index (χ1n) is 14.9. The summed E-state index contributed by atoms with van der Waals surface area (Å²) in [6.07, 6.45) is 8.16. The number of hydrogen-bond donors (Lipinski definition) is 3. The Labute approximate surface area is 245 Å². The van der Waals surface area contributed by atoms with Crippen LogP contribution in [0.3, 0.4) is 0 Å². The fourth-order valence-electron chi connectivity index (χ4n) is 5.95. The number of carbonyl (C=O) groups excluding carboxylic acids is 1. The molecule has 0 radical (unpaired) electrons. The van der Waals surface area contributed by atoms with Gasteiger partial charge in [0, 0.05) is 25.5 Å². The molecule has 7 nitrogen and oxygen atoms in total. The Balaban J connectivity index is 0.000000273. The normalized spacial score (nSPS) is 15.1. The van der Waals surface area contributed by atoms with Crippen LogP contribution in [0.25, 0.3) is 22.0 Å². The SMILES string of the molecule is CC(C)(C)O.CNCC1CCCCC1.Cc1ccc(-c2c(CC(=O)O)c(C)c3c4c2cc(C=O)n4CCN3C)cc1. The fourth-order valence-corrected chi connectivity index (χ4v) is 5.95. The molecule has 0 saturated heterocycles. The average Bonchev–Trinajstić information content (AvgIpc) is 3.27. The predicted molar refractivity (Wildman–Crippen MR) is 169 cm³/mol. The van der Waals surface area contributed by atoms with Crippen molar-refractivity contribution >= 4 is 28.8 Å². The molecule has 1 aromatic heterocycles. The van der Waals surface area contributed by atoms with Gasteiger partial charge in [0.25, 0.3) is 0 Å². The summed E-state index contributed by atoms with van der Waals surface area (Å²) in [5, 5.41) is 22.3.